The van der Waals surface area contributed by atoms with Crippen LogP contribution in [-0.2, 0) is 13.9 Å². The molecule has 1 aromatic rings. The van der Waals surface area contributed by atoms with Crippen LogP contribution in [0.3, 0.4) is 0 Å². The molecule has 0 aromatic carbocycles. The molecule has 6 heteroatoms. The van der Waals surface area contributed by atoms with Crippen LogP contribution in [0.2, 0.25) is 18.1 Å². The van der Waals surface area contributed by atoms with Crippen LogP contribution in [0.25, 0.3) is 0 Å². The van der Waals surface area contributed by atoms with Crippen LogP contribution in [0.5, 0.6) is 0 Å². The molecular weight excluding hydrogens is 350 g/mol. The molecule has 0 aliphatic rings. The molecule has 1 unspecified atom stereocenters. The van der Waals surface area contributed by atoms with Crippen molar-refractivity contribution in [2.45, 2.75) is 45.0 Å². The molecule has 1 heterocycles. The van der Waals surface area contributed by atoms with Crippen LogP contribution in [0.4, 0.5) is 0 Å². The number of halogens is 1. The van der Waals surface area contributed by atoms with E-state index in [-0.39, 0.29) is 17.9 Å². The first-order valence-corrected chi connectivity index (χ1v) is 10.7. The minimum Gasteiger partial charge on any atom is -0.414 e. The molecule has 0 fully saturated rings. The second-order valence-electron chi connectivity index (χ2n) is 6.53. The van der Waals surface area contributed by atoms with Crippen LogP contribution < -0.4 is 0 Å². The standard InChI is InChI=1S/C15H26BrNO3Si/c1-15(2,3)21(5,6)20-10-14(19-11-18-4)13-8-7-12(16)9-17-13/h7-9,14H,10-11H2,1-6H3. The van der Waals surface area contributed by atoms with Gasteiger partial charge in [-0.1, -0.05) is 20.8 Å². The summed E-state index contributed by atoms with van der Waals surface area (Å²) in [6.07, 6.45) is 1.55. The zero-order valence-corrected chi connectivity index (χ0v) is 16.4. The van der Waals surface area contributed by atoms with Crippen molar-refractivity contribution < 1.29 is 13.9 Å². The fourth-order valence-corrected chi connectivity index (χ4v) is 2.68. The van der Waals surface area contributed by atoms with Gasteiger partial charge >= 0.3 is 0 Å². The van der Waals surface area contributed by atoms with E-state index in [2.05, 4.69) is 54.8 Å². The van der Waals surface area contributed by atoms with E-state index in [1.54, 1.807) is 13.3 Å². The Kier molecular flexibility index (Phi) is 7.00. The number of methoxy groups -OCH3 is 1. The normalized spacial score (nSPS) is 14.2. The Balaban J connectivity index is 2.77. The topological polar surface area (TPSA) is 40.6 Å². The van der Waals surface area contributed by atoms with Crippen LogP contribution in [0.15, 0.2) is 22.8 Å². The first-order valence-electron chi connectivity index (χ1n) is 7.03. The van der Waals surface area contributed by atoms with E-state index < -0.39 is 8.32 Å². The van der Waals surface area contributed by atoms with E-state index in [1.807, 2.05) is 12.1 Å². The van der Waals surface area contributed by atoms with Gasteiger partial charge in [0.05, 0.1) is 12.3 Å². The third-order valence-corrected chi connectivity index (χ3v) is 8.84. The maximum atomic E-state index is 6.24. The number of hydrogen-bond acceptors (Lipinski definition) is 4. The average molecular weight is 376 g/mol. The summed E-state index contributed by atoms with van der Waals surface area (Å²) < 4.78 is 17.9. The summed E-state index contributed by atoms with van der Waals surface area (Å²) >= 11 is 3.39. The Hall–Kier alpha value is -0.273. The van der Waals surface area contributed by atoms with Crippen molar-refractivity contribution in [3.63, 3.8) is 0 Å². The zero-order chi connectivity index (χ0) is 16.1. The molecule has 1 rings (SSSR count). The summed E-state index contributed by atoms with van der Waals surface area (Å²) in [7, 11) is -0.197. The first-order chi connectivity index (χ1) is 9.67. The molecule has 21 heavy (non-hydrogen) atoms. The number of hydrogen-bond donors (Lipinski definition) is 0. The van der Waals surface area contributed by atoms with Gasteiger partial charge in [0.2, 0.25) is 0 Å². The molecule has 0 aliphatic heterocycles. The second-order valence-corrected chi connectivity index (χ2v) is 12.3. The lowest BCUT2D eigenvalue weighted by atomic mass is 10.2. The van der Waals surface area contributed by atoms with Gasteiger partial charge in [0.1, 0.15) is 12.9 Å². The first kappa shape index (κ1) is 18.8. The summed E-state index contributed by atoms with van der Waals surface area (Å²) in [5, 5.41) is 0.173. The Bertz CT molecular complexity index is 432. The van der Waals surface area contributed by atoms with Crippen molar-refractivity contribution in [1.29, 1.82) is 0 Å². The number of aromatic nitrogens is 1. The highest BCUT2D eigenvalue weighted by Gasteiger charge is 2.37. The van der Waals surface area contributed by atoms with E-state index in [9.17, 15) is 0 Å². The third kappa shape index (κ3) is 5.79. The second kappa shape index (κ2) is 7.83. The van der Waals surface area contributed by atoms with Gasteiger partial charge < -0.3 is 13.9 Å². The van der Waals surface area contributed by atoms with Gasteiger partial charge in [-0.05, 0) is 46.2 Å². The van der Waals surface area contributed by atoms with Gasteiger partial charge in [-0.3, -0.25) is 4.98 Å². The maximum absolute atomic E-state index is 6.24. The maximum Gasteiger partial charge on any atom is 0.192 e. The smallest absolute Gasteiger partial charge is 0.192 e. The summed E-state index contributed by atoms with van der Waals surface area (Å²) in [6.45, 7) is 11.9. The van der Waals surface area contributed by atoms with Gasteiger partial charge in [-0.15, -0.1) is 0 Å². The lowest BCUT2D eigenvalue weighted by Gasteiger charge is -2.37. The molecule has 0 aliphatic carbocycles. The molecule has 120 valence electrons. The molecule has 0 radical (unpaired) electrons. The highest BCUT2D eigenvalue weighted by molar-refractivity contribution is 9.10. The summed E-state index contributed by atoms with van der Waals surface area (Å²) in [5.41, 5.74) is 0.856. The molecule has 0 saturated carbocycles. The Morgan fingerprint density at radius 1 is 1.29 bits per heavy atom. The highest BCUT2D eigenvalue weighted by atomic mass is 79.9. The van der Waals surface area contributed by atoms with Crippen molar-refractivity contribution in [3.8, 4) is 0 Å². The molecule has 1 atom stereocenters. The number of rotatable bonds is 7. The number of pyridine rings is 1. The third-order valence-electron chi connectivity index (χ3n) is 3.87. The van der Waals surface area contributed by atoms with Gasteiger partial charge in [0.25, 0.3) is 0 Å². The molecule has 4 nitrogen and oxygen atoms in total. The SMILES string of the molecule is COCOC(CO[Si](C)(C)C(C)(C)C)c1ccc(Br)cn1. The number of ether oxygens (including phenoxy) is 2. The minimum absolute atomic E-state index is 0.173. The van der Waals surface area contributed by atoms with E-state index in [0.717, 1.165) is 10.2 Å². The predicted molar refractivity (Wildman–Crippen MR) is 90.8 cm³/mol. The summed E-state index contributed by atoms with van der Waals surface area (Å²) in [6, 6.07) is 3.90. The zero-order valence-electron chi connectivity index (χ0n) is 13.8. The fraction of sp³-hybridized carbons (Fsp3) is 0.667. The van der Waals surface area contributed by atoms with Crippen LogP contribution in [-0.4, -0.2) is 33.8 Å². The molecule has 0 bridgehead atoms. The van der Waals surface area contributed by atoms with Crippen LogP contribution in [0.1, 0.15) is 32.6 Å². The molecule has 0 spiro atoms. The fourth-order valence-electron chi connectivity index (χ4n) is 1.45. The molecule has 0 saturated heterocycles. The van der Waals surface area contributed by atoms with E-state index >= 15 is 0 Å². The summed E-state index contributed by atoms with van der Waals surface area (Å²) in [5.74, 6) is 0. The van der Waals surface area contributed by atoms with Crippen molar-refractivity contribution in [3.05, 3.63) is 28.5 Å². The van der Waals surface area contributed by atoms with Gasteiger partial charge in [0.15, 0.2) is 8.32 Å². The Labute approximate surface area is 137 Å². The lowest BCUT2D eigenvalue weighted by molar-refractivity contribution is -0.0885. The van der Waals surface area contributed by atoms with Gasteiger partial charge in [-0.25, -0.2) is 0 Å². The van der Waals surface area contributed by atoms with Gasteiger partial charge in [0, 0.05) is 17.8 Å². The monoisotopic (exact) mass is 375 g/mol. The van der Waals surface area contributed by atoms with Gasteiger partial charge in [-0.2, -0.15) is 0 Å². The lowest BCUT2D eigenvalue weighted by Crippen LogP contribution is -2.42. The Morgan fingerprint density at radius 2 is 1.95 bits per heavy atom. The van der Waals surface area contributed by atoms with Crippen molar-refractivity contribution in [2.24, 2.45) is 0 Å². The summed E-state index contributed by atoms with van der Waals surface area (Å²) in [4.78, 5) is 4.40. The number of nitrogens with zero attached hydrogens (tertiary/aromatic N) is 1. The molecule has 1 aromatic heterocycles. The van der Waals surface area contributed by atoms with Crippen LogP contribution >= 0.6 is 15.9 Å². The Morgan fingerprint density at radius 3 is 2.43 bits per heavy atom. The van der Waals surface area contributed by atoms with E-state index in [4.69, 9.17) is 13.9 Å². The van der Waals surface area contributed by atoms with Crippen molar-refractivity contribution in [2.75, 3.05) is 20.5 Å². The van der Waals surface area contributed by atoms with E-state index in [0.29, 0.717) is 6.61 Å². The predicted octanol–water partition coefficient (Wildman–Crippen LogP) is 4.53. The van der Waals surface area contributed by atoms with Crippen LogP contribution in [0, 0.1) is 0 Å². The minimum atomic E-state index is -1.81. The average Bonchev–Trinajstić information content (AvgIpc) is 2.39. The molecule has 0 amide bonds. The van der Waals surface area contributed by atoms with Crippen molar-refractivity contribution >= 4 is 24.2 Å². The van der Waals surface area contributed by atoms with Crippen molar-refractivity contribution in [1.82, 2.24) is 4.98 Å². The highest BCUT2D eigenvalue weighted by Crippen LogP contribution is 2.37. The molecule has 0 N–H and O–H groups in total. The quantitative estimate of drug-likeness (QED) is 0.518. The van der Waals surface area contributed by atoms with E-state index in [1.165, 1.54) is 0 Å². The largest absolute Gasteiger partial charge is 0.414 e. The molecular formula is C15H26BrNO3Si.